The average Bonchev–Trinajstić information content (AvgIpc) is 2.54. The van der Waals surface area contributed by atoms with Crippen LogP contribution < -0.4 is 0 Å². The van der Waals surface area contributed by atoms with Crippen LogP contribution in [0.3, 0.4) is 0 Å². The maximum Gasteiger partial charge on any atom is 0.160 e. The van der Waals surface area contributed by atoms with Gasteiger partial charge in [0.05, 0.1) is 4.88 Å². The average molecular weight is 273 g/mol. The quantitative estimate of drug-likeness (QED) is 0.601. The first-order chi connectivity index (χ1) is 6.76. The second-order valence-electron chi connectivity index (χ2n) is 2.84. The highest BCUT2D eigenvalue weighted by Gasteiger charge is 2.10. The summed E-state index contributed by atoms with van der Waals surface area (Å²) in [5.74, 6) is -0.266. The van der Waals surface area contributed by atoms with Crippen molar-refractivity contribution in [2.24, 2.45) is 0 Å². The molecule has 0 radical (unpaired) electrons. The molecular formula is C10H6BrFOS. The molecule has 2 rings (SSSR count). The zero-order chi connectivity index (χ0) is 10.1. The van der Waals surface area contributed by atoms with Crippen molar-refractivity contribution in [1.29, 1.82) is 0 Å². The van der Waals surface area contributed by atoms with E-state index in [1.807, 2.05) is 0 Å². The van der Waals surface area contributed by atoms with Gasteiger partial charge in [0, 0.05) is 10.0 Å². The molecule has 1 heterocycles. The van der Waals surface area contributed by atoms with Crippen LogP contribution in [-0.2, 0) is 5.33 Å². The lowest BCUT2D eigenvalue weighted by molar-refractivity contribution is 0.112. The van der Waals surface area contributed by atoms with Crippen molar-refractivity contribution in [3.63, 3.8) is 0 Å². The van der Waals surface area contributed by atoms with E-state index in [1.165, 1.54) is 23.5 Å². The Bertz CT molecular complexity index is 492. The number of thiophene rings is 1. The van der Waals surface area contributed by atoms with E-state index in [1.54, 1.807) is 6.07 Å². The number of rotatable bonds is 2. The maximum absolute atomic E-state index is 12.9. The van der Waals surface area contributed by atoms with E-state index < -0.39 is 0 Å². The molecule has 0 N–H and O–H groups in total. The highest BCUT2D eigenvalue weighted by Crippen LogP contribution is 2.32. The first-order valence-electron chi connectivity index (χ1n) is 3.98. The predicted octanol–water partition coefficient (Wildman–Crippen LogP) is 3.75. The number of alkyl halides is 1. The number of halogens is 2. The van der Waals surface area contributed by atoms with Crippen molar-refractivity contribution in [3.05, 3.63) is 34.5 Å². The smallest absolute Gasteiger partial charge is 0.160 e. The van der Waals surface area contributed by atoms with Crippen LogP contribution in [-0.4, -0.2) is 6.29 Å². The van der Waals surface area contributed by atoms with Crippen molar-refractivity contribution in [2.45, 2.75) is 5.33 Å². The molecule has 4 heteroatoms. The second kappa shape index (κ2) is 3.79. The van der Waals surface area contributed by atoms with Gasteiger partial charge in [0.2, 0.25) is 0 Å². The third kappa shape index (κ3) is 1.48. The van der Waals surface area contributed by atoms with Gasteiger partial charge in [0.1, 0.15) is 5.82 Å². The lowest BCUT2D eigenvalue weighted by atomic mass is 10.1. The molecule has 72 valence electrons. The maximum atomic E-state index is 12.9. The summed E-state index contributed by atoms with van der Waals surface area (Å²) in [5, 5.41) is 1.57. The largest absolute Gasteiger partial charge is 0.297 e. The Morgan fingerprint density at radius 2 is 2.29 bits per heavy atom. The van der Waals surface area contributed by atoms with Gasteiger partial charge in [0.15, 0.2) is 6.29 Å². The predicted molar refractivity (Wildman–Crippen MR) is 59.8 cm³/mol. The van der Waals surface area contributed by atoms with E-state index in [9.17, 15) is 9.18 Å². The lowest BCUT2D eigenvalue weighted by Gasteiger charge is -1.93. The van der Waals surface area contributed by atoms with Crippen LogP contribution in [0.1, 0.15) is 15.2 Å². The first kappa shape index (κ1) is 9.80. The number of fused-ring (bicyclic) bond motifs is 1. The summed E-state index contributed by atoms with van der Waals surface area (Å²) in [4.78, 5) is 11.4. The van der Waals surface area contributed by atoms with Crippen LogP contribution in [0.4, 0.5) is 4.39 Å². The highest BCUT2D eigenvalue weighted by atomic mass is 79.9. The van der Waals surface area contributed by atoms with Crippen molar-refractivity contribution in [2.75, 3.05) is 0 Å². The molecule has 2 aromatic rings. The standard InChI is InChI=1S/C10H6BrFOS/c11-4-8-7-2-1-6(12)3-9(7)14-10(8)5-13/h1-3,5H,4H2. The first-order valence-corrected chi connectivity index (χ1v) is 5.92. The third-order valence-electron chi connectivity index (χ3n) is 2.03. The topological polar surface area (TPSA) is 17.1 Å². The van der Waals surface area contributed by atoms with Gasteiger partial charge in [-0.05, 0) is 23.1 Å². The summed E-state index contributed by atoms with van der Waals surface area (Å²) in [6.45, 7) is 0. The number of carbonyl (C=O) groups excluding carboxylic acids is 1. The van der Waals surface area contributed by atoms with E-state index in [0.717, 1.165) is 21.9 Å². The summed E-state index contributed by atoms with van der Waals surface area (Å²) in [5.41, 5.74) is 0.944. The fourth-order valence-electron chi connectivity index (χ4n) is 1.38. The van der Waals surface area contributed by atoms with Gasteiger partial charge in [-0.25, -0.2) is 4.39 Å². The van der Waals surface area contributed by atoms with Gasteiger partial charge in [-0.2, -0.15) is 0 Å². The molecule has 14 heavy (non-hydrogen) atoms. The summed E-state index contributed by atoms with van der Waals surface area (Å²) in [7, 11) is 0. The van der Waals surface area contributed by atoms with E-state index >= 15 is 0 Å². The Labute approximate surface area is 92.7 Å². The molecule has 1 aromatic heterocycles. The normalized spacial score (nSPS) is 10.7. The van der Waals surface area contributed by atoms with Crippen LogP contribution >= 0.6 is 27.3 Å². The monoisotopic (exact) mass is 272 g/mol. The van der Waals surface area contributed by atoms with E-state index in [-0.39, 0.29) is 5.82 Å². The molecule has 0 bridgehead atoms. The number of carbonyl (C=O) groups is 1. The summed E-state index contributed by atoms with van der Waals surface area (Å²) >= 11 is 4.65. The minimum absolute atomic E-state index is 0.266. The zero-order valence-corrected chi connectivity index (χ0v) is 9.49. The molecule has 0 fully saturated rings. The Hall–Kier alpha value is -0.740. The van der Waals surface area contributed by atoms with Crippen molar-refractivity contribution < 1.29 is 9.18 Å². The molecule has 1 nitrogen and oxygen atoms in total. The highest BCUT2D eigenvalue weighted by molar-refractivity contribution is 9.08. The number of benzene rings is 1. The Kier molecular flexibility index (Phi) is 2.65. The van der Waals surface area contributed by atoms with Crippen LogP contribution in [0.5, 0.6) is 0 Å². The third-order valence-corrected chi connectivity index (χ3v) is 3.71. The molecule has 0 saturated carbocycles. The molecule has 0 aliphatic carbocycles. The molecule has 0 spiro atoms. The van der Waals surface area contributed by atoms with Gasteiger partial charge in [0.25, 0.3) is 0 Å². The molecule has 0 unspecified atom stereocenters. The van der Waals surface area contributed by atoms with Crippen molar-refractivity contribution in [3.8, 4) is 0 Å². The van der Waals surface area contributed by atoms with E-state index in [2.05, 4.69) is 15.9 Å². The van der Waals surface area contributed by atoms with Gasteiger partial charge in [-0.15, -0.1) is 11.3 Å². The fraction of sp³-hybridized carbons (Fsp3) is 0.100. The Morgan fingerprint density at radius 1 is 1.50 bits per heavy atom. The molecule has 0 saturated heterocycles. The molecule has 0 aliphatic heterocycles. The van der Waals surface area contributed by atoms with Gasteiger partial charge < -0.3 is 0 Å². The van der Waals surface area contributed by atoms with Crippen molar-refractivity contribution in [1.82, 2.24) is 0 Å². The number of aldehydes is 1. The second-order valence-corrected chi connectivity index (χ2v) is 4.48. The van der Waals surface area contributed by atoms with Gasteiger partial charge in [-0.3, -0.25) is 4.79 Å². The molecule has 0 atom stereocenters. The van der Waals surface area contributed by atoms with Crippen LogP contribution in [0.15, 0.2) is 18.2 Å². The van der Waals surface area contributed by atoms with Crippen LogP contribution in [0.25, 0.3) is 10.1 Å². The zero-order valence-electron chi connectivity index (χ0n) is 7.09. The Balaban J connectivity index is 2.79. The number of hydrogen-bond acceptors (Lipinski definition) is 2. The molecule has 1 aromatic carbocycles. The number of hydrogen-bond donors (Lipinski definition) is 0. The summed E-state index contributed by atoms with van der Waals surface area (Å²) in [6, 6.07) is 4.58. The molecule has 0 aliphatic rings. The summed E-state index contributed by atoms with van der Waals surface area (Å²) in [6.07, 6.45) is 0.819. The van der Waals surface area contributed by atoms with E-state index in [4.69, 9.17) is 0 Å². The minimum Gasteiger partial charge on any atom is -0.297 e. The molecular weight excluding hydrogens is 267 g/mol. The van der Waals surface area contributed by atoms with Gasteiger partial charge >= 0.3 is 0 Å². The SMILES string of the molecule is O=Cc1sc2cc(F)ccc2c1CBr. The van der Waals surface area contributed by atoms with Gasteiger partial charge in [-0.1, -0.05) is 22.0 Å². The van der Waals surface area contributed by atoms with Crippen LogP contribution in [0, 0.1) is 5.82 Å². The fourth-order valence-corrected chi connectivity index (χ4v) is 3.23. The Morgan fingerprint density at radius 3 is 2.93 bits per heavy atom. The van der Waals surface area contributed by atoms with Crippen LogP contribution in [0.2, 0.25) is 0 Å². The van der Waals surface area contributed by atoms with E-state index in [0.29, 0.717) is 10.2 Å². The molecule has 0 amide bonds. The lowest BCUT2D eigenvalue weighted by Crippen LogP contribution is -1.81. The minimum atomic E-state index is -0.266. The van der Waals surface area contributed by atoms with Crippen molar-refractivity contribution >= 4 is 43.6 Å². The summed E-state index contributed by atoms with van der Waals surface area (Å²) < 4.78 is 13.7.